The van der Waals surface area contributed by atoms with E-state index in [-0.39, 0.29) is 18.6 Å². The molecular weight excluding hydrogens is 202 g/mol. The fourth-order valence-corrected chi connectivity index (χ4v) is 1.75. The van der Waals surface area contributed by atoms with E-state index < -0.39 is 0 Å². The third-order valence-corrected chi connectivity index (χ3v) is 2.67. The molecule has 0 aliphatic carbocycles. The zero-order valence-electron chi connectivity index (χ0n) is 9.06. The molecule has 0 saturated carbocycles. The SMILES string of the molecule is C=CCOC(=O)C1CCN1c1cc[c]cc1. The maximum Gasteiger partial charge on any atom is 0.329 e. The summed E-state index contributed by atoms with van der Waals surface area (Å²) in [6.45, 7) is 4.70. The van der Waals surface area contributed by atoms with Crippen LogP contribution in [0, 0.1) is 6.07 Å². The number of rotatable bonds is 4. The summed E-state index contributed by atoms with van der Waals surface area (Å²) in [4.78, 5) is 13.7. The van der Waals surface area contributed by atoms with Gasteiger partial charge in [0.05, 0.1) is 0 Å². The second kappa shape index (κ2) is 4.84. The Morgan fingerprint density at radius 1 is 1.62 bits per heavy atom. The average Bonchev–Trinajstić information content (AvgIpc) is 2.26. The zero-order valence-corrected chi connectivity index (χ0v) is 9.06. The molecule has 1 aliphatic rings. The smallest absolute Gasteiger partial charge is 0.329 e. The van der Waals surface area contributed by atoms with E-state index in [9.17, 15) is 4.79 Å². The van der Waals surface area contributed by atoms with Crippen LogP contribution in [0.1, 0.15) is 6.42 Å². The molecule has 1 saturated heterocycles. The molecule has 3 heteroatoms. The lowest BCUT2D eigenvalue weighted by Crippen LogP contribution is -2.53. The van der Waals surface area contributed by atoms with Crippen LogP contribution in [0.25, 0.3) is 0 Å². The lowest BCUT2D eigenvalue weighted by atomic mass is 10.0. The van der Waals surface area contributed by atoms with Crippen LogP contribution in [0.2, 0.25) is 0 Å². The molecule has 1 atom stereocenters. The van der Waals surface area contributed by atoms with E-state index >= 15 is 0 Å². The first kappa shape index (κ1) is 10.7. The number of carbonyl (C=O) groups is 1. The highest BCUT2D eigenvalue weighted by atomic mass is 16.5. The fraction of sp³-hybridized carbons (Fsp3) is 0.308. The number of nitrogens with zero attached hydrogens (tertiary/aromatic N) is 1. The van der Waals surface area contributed by atoms with E-state index in [1.165, 1.54) is 0 Å². The third kappa shape index (κ3) is 2.08. The van der Waals surface area contributed by atoms with Crippen LogP contribution >= 0.6 is 0 Å². The normalized spacial score (nSPS) is 18.8. The standard InChI is InChI=1S/C13H14NO2/c1-2-10-16-13(15)12-8-9-14(12)11-6-4-3-5-7-11/h2,4-7,12H,1,8-10H2. The highest BCUT2D eigenvalue weighted by molar-refractivity contribution is 5.82. The first-order chi connectivity index (χ1) is 7.83. The van der Waals surface area contributed by atoms with Crippen molar-refractivity contribution in [1.82, 2.24) is 0 Å². The van der Waals surface area contributed by atoms with Crippen molar-refractivity contribution in [3.05, 3.63) is 43.0 Å². The average molecular weight is 216 g/mol. The predicted octanol–water partition coefficient (Wildman–Crippen LogP) is 1.79. The van der Waals surface area contributed by atoms with Crippen molar-refractivity contribution in [2.75, 3.05) is 18.1 Å². The van der Waals surface area contributed by atoms with E-state index in [0.717, 1.165) is 18.7 Å². The molecule has 1 heterocycles. The van der Waals surface area contributed by atoms with Crippen LogP contribution in [0.5, 0.6) is 0 Å². The van der Waals surface area contributed by atoms with Crippen molar-refractivity contribution < 1.29 is 9.53 Å². The Kier molecular flexibility index (Phi) is 3.25. The van der Waals surface area contributed by atoms with Crippen LogP contribution in [-0.2, 0) is 9.53 Å². The summed E-state index contributed by atoms with van der Waals surface area (Å²) >= 11 is 0. The molecule has 3 nitrogen and oxygen atoms in total. The Morgan fingerprint density at radius 2 is 2.38 bits per heavy atom. The second-order valence-corrected chi connectivity index (χ2v) is 3.67. The molecule has 0 bridgehead atoms. The molecule has 1 aromatic rings. The van der Waals surface area contributed by atoms with Gasteiger partial charge in [0.15, 0.2) is 0 Å². The van der Waals surface area contributed by atoms with Crippen molar-refractivity contribution in [2.45, 2.75) is 12.5 Å². The largest absolute Gasteiger partial charge is 0.460 e. The summed E-state index contributed by atoms with van der Waals surface area (Å²) in [5.74, 6) is -0.168. The Balaban J connectivity index is 1.98. The lowest BCUT2D eigenvalue weighted by Gasteiger charge is -2.40. The quantitative estimate of drug-likeness (QED) is 0.567. The number of carbonyl (C=O) groups excluding carboxylic acids is 1. The maximum atomic E-state index is 11.6. The summed E-state index contributed by atoms with van der Waals surface area (Å²) in [7, 11) is 0. The van der Waals surface area contributed by atoms with Gasteiger partial charge in [0, 0.05) is 12.2 Å². The molecule has 2 rings (SSSR count). The van der Waals surface area contributed by atoms with Gasteiger partial charge in [-0.15, -0.1) is 0 Å². The van der Waals surface area contributed by atoms with Crippen LogP contribution in [0.4, 0.5) is 5.69 Å². The first-order valence-corrected chi connectivity index (χ1v) is 5.33. The molecule has 1 aromatic carbocycles. The molecule has 0 N–H and O–H groups in total. The van der Waals surface area contributed by atoms with Crippen molar-refractivity contribution in [2.24, 2.45) is 0 Å². The number of benzene rings is 1. The minimum absolute atomic E-state index is 0.137. The van der Waals surface area contributed by atoms with Gasteiger partial charge in [0.2, 0.25) is 0 Å². The van der Waals surface area contributed by atoms with Crippen LogP contribution in [0.3, 0.4) is 0 Å². The molecule has 1 unspecified atom stereocenters. The van der Waals surface area contributed by atoms with Crippen molar-refractivity contribution in [3.8, 4) is 0 Å². The molecule has 1 aliphatic heterocycles. The predicted molar refractivity (Wildman–Crippen MR) is 62.2 cm³/mol. The summed E-state index contributed by atoms with van der Waals surface area (Å²) in [5, 5.41) is 0. The maximum absolute atomic E-state index is 11.6. The van der Waals surface area contributed by atoms with Gasteiger partial charge < -0.3 is 9.64 Å². The summed E-state index contributed by atoms with van der Waals surface area (Å²) in [6.07, 6.45) is 2.44. The van der Waals surface area contributed by atoms with Gasteiger partial charge in [-0.3, -0.25) is 0 Å². The van der Waals surface area contributed by atoms with Gasteiger partial charge in [0.1, 0.15) is 12.6 Å². The van der Waals surface area contributed by atoms with E-state index in [0.29, 0.717) is 0 Å². The van der Waals surface area contributed by atoms with Crippen molar-refractivity contribution in [1.29, 1.82) is 0 Å². The van der Waals surface area contributed by atoms with Crippen LogP contribution in [0.15, 0.2) is 36.9 Å². The molecule has 1 fully saturated rings. The Hall–Kier alpha value is -1.77. The minimum atomic E-state index is -0.168. The highest BCUT2D eigenvalue weighted by Gasteiger charge is 2.35. The first-order valence-electron chi connectivity index (χ1n) is 5.33. The number of hydrogen-bond acceptors (Lipinski definition) is 3. The Morgan fingerprint density at radius 3 is 2.94 bits per heavy atom. The molecule has 0 spiro atoms. The molecule has 83 valence electrons. The van der Waals surface area contributed by atoms with Gasteiger partial charge in [-0.1, -0.05) is 24.8 Å². The van der Waals surface area contributed by atoms with Crippen molar-refractivity contribution in [3.63, 3.8) is 0 Å². The molecule has 16 heavy (non-hydrogen) atoms. The molecular formula is C13H14NO2. The zero-order chi connectivity index (χ0) is 11.4. The molecule has 1 radical (unpaired) electrons. The van der Waals surface area contributed by atoms with Gasteiger partial charge in [-0.2, -0.15) is 0 Å². The number of esters is 1. The van der Waals surface area contributed by atoms with E-state index in [2.05, 4.69) is 12.6 Å². The molecule has 0 amide bonds. The lowest BCUT2D eigenvalue weighted by molar-refractivity contribution is -0.145. The summed E-state index contributed by atoms with van der Waals surface area (Å²) in [6, 6.07) is 10.4. The third-order valence-electron chi connectivity index (χ3n) is 2.67. The van der Waals surface area contributed by atoms with Crippen LogP contribution < -0.4 is 4.90 Å². The van der Waals surface area contributed by atoms with Gasteiger partial charge in [0.25, 0.3) is 0 Å². The van der Waals surface area contributed by atoms with E-state index in [4.69, 9.17) is 4.74 Å². The van der Waals surface area contributed by atoms with Crippen molar-refractivity contribution >= 4 is 11.7 Å². The van der Waals surface area contributed by atoms with E-state index in [1.54, 1.807) is 6.08 Å². The monoisotopic (exact) mass is 216 g/mol. The van der Waals surface area contributed by atoms with Gasteiger partial charge >= 0.3 is 5.97 Å². The van der Waals surface area contributed by atoms with Gasteiger partial charge in [-0.05, 0) is 24.6 Å². The summed E-state index contributed by atoms with van der Waals surface area (Å²) in [5.41, 5.74) is 1.05. The Bertz CT molecular complexity index is 375. The second-order valence-electron chi connectivity index (χ2n) is 3.67. The highest BCUT2D eigenvalue weighted by Crippen LogP contribution is 2.26. The summed E-state index contributed by atoms with van der Waals surface area (Å²) < 4.78 is 5.04. The molecule has 0 aromatic heterocycles. The number of anilines is 1. The Labute approximate surface area is 95.3 Å². The minimum Gasteiger partial charge on any atom is -0.460 e. The number of hydrogen-bond donors (Lipinski definition) is 0. The van der Waals surface area contributed by atoms with Gasteiger partial charge in [-0.25, -0.2) is 4.79 Å². The van der Waals surface area contributed by atoms with Crippen LogP contribution in [-0.4, -0.2) is 25.2 Å². The topological polar surface area (TPSA) is 29.5 Å². The van der Waals surface area contributed by atoms with E-state index in [1.807, 2.05) is 29.2 Å². The number of ether oxygens (including phenoxy) is 1. The fourth-order valence-electron chi connectivity index (χ4n) is 1.75.